The van der Waals surface area contributed by atoms with Crippen molar-refractivity contribution in [3.8, 4) is 5.75 Å². The summed E-state index contributed by atoms with van der Waals surface area (Å²) in [7, 11) is 1.61. The third-order valence-electron chi connectivity index (χ3n) is 3.12. The molecule has 1 aliphatic rings. The molecule has 106 valence electrons. The minimum absolute atomic E-state index is 0.133. The summed E-state index contributed by atoms with van der Waals surface area (Å²) in [6, 6.07) is 7.48. The zero-order valence-electron chi connectivity index (χ0n) is 11.4. The summed E-state index contributed by atoms with van der Waals surface area (Å²) >= 11 is 0. The number of carbonyl (C=O) groups excluding carboxylic acids is 1. The Bertz CT molecular complexity index is 539. The molecule has 7 nitrogen and oxygen atoms in total. The first kappa shape index (κ1) is 14.0. The Morgan fingerprint density at radius 2 is 2.20 bits per heavy atom. The van der Waals surface area contributed by atoms with Crippen LogP contribution in [0.5, 0.6) is 5.75 Å². The summed E-state index contributed by atoms with van der Waals surface area (Å²) in [6.07, 6.45) is -0.392. The van der Waals surface area contributed by atoms with E-state index in [-0.39, 0.29) is 6.54 Å². The van der Waals surface area contributed by atoms with Crippen molar-refractivity contribution in [2.45, 2.75) is 19.1 Å². The number of hydrogen-bond acceptors (Lipinski definition) is 4. The van der Waals surface area contributed by atoms with Crippen LogP contribution in [-0.2, 0) is 11.3 Å². The summed E-state index contributed by atoms with van der Waals surface area (Å²) in [5, 5.41) is 3.48. The molecule has 2 rings (SSSR count). The van der Waals surface area contributed by atoms with Crippen molar-refractivity contribution in [2.24, 2.45) is 5.11 Å². The predicted molar refractivity (Wildman–Crippen MR) is 72.3 cm³/mol. The number of carbonyl (C=O) groups is 1. The van der Waals surface area contributed by atoms with Gasteiger partial charge in [-0.1, -0.05) is 17.2 Å². The number of hydrogen-bond donors (Lipinski definition) is 0. The van der Waals surface area contributed by atoms with Crippen molar-refractivity contribution in [3.05, 3.63) is 40.3 Å². The first-order valence-corrected chi connectivity index (χ1v) is 6.18. The molecule has 0 bridgehead atoms. The molecule has 1 saturated heterocycles. The van der Waals surface area contributed by atoms with Crippen LogP contribution < -0.4 is 4.74 Å². The molecule has 1 heterocycles. The van der Waals surface area contributed by atoms with Gasteiger partial charge in [-0.15, -0.1) is 0 Å². The third kappa shape index (κ3) is 3.13. The Morgan fingerprint density at radius 3 is 2.80 bits per heavy atom. The van der Waals surface area contributed by atoms with E-state index in [1.165, 1.54) is 0 Å². The highest BCUT2D eigenvalue weighted by Crippen LogP contribution is 2.25. The van der Waals surface area contributed by atoms with Gasteiger partial charge in [0.25, 0.3) is 0 Å². The molecule has 1 fully saturated rings. The Hall–Kier alpha value is -2.40. The number of ether oxygens (including phenoxy) is 2. The topological polar surface area (TPSA) is 87.5 Å². The second-order valence-corrected chi connectivity index (χ2v) is 4.91. The van der Waals surface area contributed by atoms with Crippen LogP contribution in [0.3, 0.4) is 0 Å². The molecule has 1 atom stereocenters. The molecular formula is C13H16N4O3. The fraction of sp³-hybridized carbons (Fsp3) is 0.462. The Balaban J connectivity index is 2.02. The first-order chi connectivity index (χ1) is 9.56. The van der Waals surface area contributed by atoms with Gasteiger partial charge >= 0.3 is 6.09 Å². The summed E-state index contributed by atoms with van der Waals surface area (Å²) in [6.45, 7) is 2.74. The highest BCUT2D eigenvalue weighted by atomic mass is 16.6. The zero-order valence-corrected chi connectivity index (χ0v) is 11.4. The van der Waals surface area contributed by atoms with Gasteiger partial charge in [-0.25, -0.2) is 4.79 Å². The lowest BCUT2D eigenvalue weighted by atomic mass is 10.1. The molecule has 20 heavy (non-hydrogen) atoms. The highest BCUT2D eigenvalue weighted by Gasteiger charge is 2.40. The SMILES string of the molecule is COc1ccc(CN2CC(C)(CN=[N+]=[N-])OC2=O)cc1. The van der Waals surface area contributed by atoms with Crippen LogP contribution in [0.15, 0.2) is 29.4 Å². The van der Waals surface area contributed by atoms with E-state index in [9.17, 15) is 4.79 Å². The van der Waals surface area contributed by atoms with Crippen molar-refractivity contribution in [3.63, 3.8) is 0 Å². The Morgan fingerprint density at radius 1 is 1.50 bits per heavy atom. The number of benzene rings is 1. The summed E-state index contributed by atoms with van der Waals surface area (Å²) in [5.41, 5.74) is 8.58. The lowest BCUT2D eigenvalue weighted by molar-refractivity contribution is 0.0782. The van der Waals surface area contributed by atoms with Crippen LogP contribution in [-0.4, -0.2) is 36.8 Å². The lowest BCUT2D eigenvalue weighted by Crippen LogP contribution is -2.33. The maximum absolute atomic E-state index is 11.8. The van der Waals surface area contributed by atoms with E-state index in [0.717, 1.165) is 11.3 Å². The normalized spacial score (nSPS) is 21.3. The van der Waals surface area contributed by atoms with E-state index >= 15 is 0 Å². The quantitative estimate of drug-likeness (QED) is 0.470. The van der Waals surface area contributed by atoms with Crippen LogP contribution in [0.1, 0.15) is 12.5 Å². The van der Waals surface area contributed by atoms with E-state index in [4.69, 9.17) is 15.0 Å². The van der Waals surface area contributed by atoms with E-state index in [1.807, 2.05) is 24.3 Å². The Labute approximate surface area is 116 Å². The second kappa shape index (κ2) is 5.71. The highest BCUT2D eigenvalue weighted by molar-refractivity contribution is 5.70. The molecule has 1 aliphatic heterocycles. The van der Waals surface area contributed by atoms with Gasteiger partial charge in [0.1, 0.15) is 11.4 Å². The van der Waals surface area contributed by atoms with Crippen molar-refractivity contribution in [2.75, 3.05) is 20.2 Å². The van der Waals surface area contributed by atoms with Gasteiger partial charge in [-0.2, -0.15) is 0 Å². The van der Waals surface area contributed by atoms with Gasteiger partial charge in [0.2, 0.25) is 0 Å². The van der Waals surface area contributed by atoms with Crippen LogP contribution in [0.2, 0.25) is 0 Å². The fourth-order valence-electron chi connectivity index (χ4n) is 2.11. The molecule has 0 aliphatic carbocycles. The third-order valence-corrected chi connectivity index (χ3v) is 3.12. The van der Waals surface area contributed by atoms with Crippen LogP contribution in [0.4, 0.5) is 4.79 Å². The molecule has 0 aromatic heterocycles. The number of azide groups is 1. The van der Waals surface area contributed by atoms with Crippen LogP contribution in [0.25, 0.3) is 10.4 Å². The second-order valence-electron chi connectivity index (χ2n) is 4.91. The minimum atomic E-state index is -0.754. The molecule has 1 unspecified atom stereocenters. The number of amides is 1. The largest absolute Gasteiger partial charge is 0.497 e. The lowest BCUT2D eigenvalue weighted by Gasteiger charge is -2.19. The summed E-state index contributed by atoms with van der Waals surface area (Å²) in [4.78, 5) is 16.1. The first-order valence-electron chi connectivity index (χ1n) is 6.18. The monoisotopic (exact) mass is 276 g/mol. The molecule has 0 spiro atoms. The van der Waals surface area contributed by atoms with Crippen LogP contribution >= 0.6 is 0 Å². The molecule has 1 aromatic rings. The van der Waals surface area contributed by atoms with Crippen molar-refractivity contribution in [1.82, 2.24) is 4.90 Å². The maximum atomic E-state index is 11.8. The van der Waals surface area contributed by atoms with Gasteiger partial charge in [-0.3, -0.25) is 4.90 Å². The number of rotatable bonds is 5. The fourth-order valence-corrected chi connectivity index (χ4v) is 2.11. The molecule has 0 saturated carbocycles. The molecule has 7 heteroatoms. The number of methoxy groups -OCH3 is 1. The van der Waals surface area contributed by atoms with Gasteiger partial charge in [-0.05, 0) is 30.2 Å². The number of cyclic esters (lactones) is 1. The average Bonchev–Trinajstić information content (AvgIpc) is 2.72. The van der Waals surface area contributed by atoms with E-state index < -0.39 is 11.7 Å². The van der Waals surface area contributed by atoms with E-state index in [0.29, 0.717) is 13.1 Å². The van der Waals surface area contributed by atoms with E-state index in [1.54, 1.807) is 18.9 Å². The molecule has 1 amide bonds. The molecule has 0 N–H and O–H groups in total. The maximum Gasteiger partial charge on any atom is 0.410 e. The number of nitrogens with zero attached hydrogens (tertiary/aromatic N) is 4. The van der Waals surface area contributed by atoms with Gasteiger partial charge < -0.3 is 9.47 Å². The molecular weight excluding hydrogens is 260 g/mol. The van der Waals surface area contributed by atoms with Crippen molar-refractivity contribution < 1.29 is 14.3 Å². The van der Waals surface area contributed by atoms with Gasteiger partial charge in [0.05, 0.1) is 20.2 Å². The summed E-state index contributed by atoms with van der Waals surface area (Å²) in [5.74, 6) is 0.769. The Kier molecular flexibility index (Phi) is 4.00. The van der Waals surface area contributed by atoms with Crippen molar-refractivity contribution in [1.29, 1.82) is 0 Å². The van der Waals surface area contributed by atoms with E-state index in [2.05, 4.69) is 10.0 Å². The minimum Gasteiger partial charge on any atom is -0.497 e. The smallest absolute Gasteiger partial charge is 0.410 e. The molecule has 1 aromatic carbocycles. The zero-order chi connectivity index (χ0) is 14.6. The van der Waals surface area contributed by atoms with Crippen molar-refractivity contribution >= 4 is 6.09 Å². The van der Waals surface area contributed by atoms with Gasteiger partial charge in [0.15, 0.2) is 0 Å². The molecule has 0 radical (unpaired) electrons. The summed E-state index contributed by atoms with van der Waals surface area (Å²) < 4.78 is 10.4. The van der Waals surface area contributed by atoms with Gasteiger partial charge in [0, 0.05) is 11.5 Å². The standard InChI is InChI=1S/C13H16N4O3/c1-13(8-15-16-14)9-17(12(18)20-13)7-10-3-5-11(19-2)6-4-10/h3-6H,7-9H2,1-2H3. The predicted octanol–water partition coefficient (Wildman–Crippen LogP) is 2.72. The average molecular weight is 276 g/mol. The van der Waals surface area contributed by atoms with Crippen LogP contribution in [0, 0.1) is 0 Å².